The van der Waals surface area contributed by atoms with Gasteiger partial charge in [-0.25, -0.2) is 14.4 Å². The van der Waals surface area contributed by atoms with Crippen molar-refractivity contribution in [3.63, 3.8) is 0 Å². The molecule has 0 spiro atoms. The lowest BCUT2D eigenvalue weighted by molar-refractivity contribution is 0.627. The van der Waals surface area contributed by atoms with Crippen LogP contribution in [-0.4, -0.2) is 36.6 Å². The van der Waals surface area contributed by atoms with Gasteiger partial charge in [0, 0.05) is 31.9 Å². The molecule has 1 fully saturated rings. The number of rotatable bonds is 5. The number of nitrogens with one attached hydrogen (secondary N) is 2. The number of anilines is 1. The van der Waals surface area contributed by atoms with Crippen LogP contribution in [0.25, 0.3) is 0 Å². The third-order valence-electron chi connectivity index (χ3n) is 4.24. The smallest absolute Gasteiger partial charge is 0.191 e. The molecule has 1 aliphatic rings. The van der Waals surface area contributed by atoms with Crippen molar-refractivity contribution in [3.8, 4) is 0 Å². The second kappa shape index (κ2) is 8.85. The van der Waals surface area contributed by atoms with Crippen molar-refractivity contribution >= 4 is 23.4 Å². The summed E-state index contributed by atoms with van der Waals surface area (Å²) in [6.45, 7) is 5.02. The quantitative estimate of drug-likeness (QED) is 0.622. The SMILES string of the molecule is CCNC(=NCc1ccc(F)cc1)NC1CCN(c2ncccc2Cl)C1. The van der Waals surface area contributed by atoms with E-state index in [4.69, 9.17) is 11.6 Å². The van der Waals surface area contributed by atoms with Crippen molar-refractivity contribution in [2.24, 2.45) is 4.99 Å². The Morgan fingerprint density at radius 1 is 1.35 bits per heavy atom. The predicted molar refractivity (Wildman–Crippen MR) is 104 cm³/mol. The summed E-state index contributed by atoms with van der Waals surface area (Å²) in [7, 11) is 0. The highest BCUT2D eigenvalue weighted by molar-refractivity contribution is 6.32. The minimum atomic E-state index is -0.234. The number of hydrogen-bond donors (Lipinski definition) is 2. The number of guanidine groups is 1. The van der Waals surface area contributed by atoms with Gasteiger partial charge in [-0.3, -0.25) is 0 Å². The van der Waals surface area contributed by atoms with E-state index in [2.05, 4.69) is 25.5 Å². The van der Waals surface area contributed by atoms with Gasteiger partial charge in [-0.2, -0.15) is 0 Å². The van der Waals surface area contributed by atoms with E-state index in [9.17, 15) is 4.39 Å². The molecular formula is C19H23ClFN5. The average Bonchev–Trinajstić information content (AvgIpc) is 3.10. The van der Waals surface area contributed by atoms with Crippen molar-refractivity contribution in [2.45, 2.75) is 25.9 Å². The monoisotopic (exact) mass is 375 g/mol. The van der Waals surface area contributed by atoms with Crippen LogP contribution < -0.4 is 15.5 Å². The fraction of sp³-hybridized carbons (Fsp3) is 0.368. The van der Waals surface area contributed by atoms with Gasteiger partial charge in [-0.05, 0) is 43.2 Å². The van der Waals surface area contributed by atoms with E-state index in [1.807, 2.05) is 19.1 Å². The number of aromatic nitrogens is 1. The van der Waals surface area contributed by atoms with Crippen molar-refractivity contribution < 1.29 is 4.39 Å². The zero-order valence-corrected chi connectivity index (χ0v) is 15.5. The zero-order valence-electron chi connectivity index (χ0n) is 14.8. The third kappa shape index (κ3) is 4.85. The third-order valence-corrected chi connectivity index (χ3v) is 4.54. The van der Waals surface area contributed by atoms with Crippen molar-refractivity contribution in [2.75, 3.05) is 24.5 Å². The normalized spacial score (nSPS) is 17.4. The number of benzene rings is 1. The van der Waals surface area contributed by atoms with Crippen molar-refractivity contribution in [1.29, 1.82) is 0 Å². The summed E-state index contributed by atoms with van der Waals surface area (Å²) in [5, 5.41) is 7.40. The molecule has 5 nitrogen and oxygen atoms in total. The summed E-state index contributed by atoms with van der Waals surface area (Å²) < 4.78 is 13.0. The van der Waals surface area contributed by atoms with Gasteiger partial charge in [-0.1, -0.05) is 23.7 Å². The molecule has 0 aliphatic carbocycles. The van der Waals surface area contributed by atoms with Gasteiger partial charge >= 0.3 is 0 Å². The topological polar surface area (TPSA) is 52.6 Å². The first-order chi connectivity index (χ1) is 12.7. The molecule has 1 saturated heterocycles. The molecule has 3 rings (SSSR count). The maximum Gasteiger partial charge on any atom is 0.191 e. The van der Waals surface area contributed by atoms with Gasteiger partial charge in [0.15, 0.2) is 5.96 Å². The highest BCUT2D eigenvalue weighted by Gasteiger charge is 2.25. The Morgan fingerprint density at radius 3 is 2.88 bits per heavy atom. The molecule has 7 heteroatoms. The molecule has 2 heterocycles. The van der Waals surface area contributed by atoms with E-state index < -0.39 is 0 Å². The summed E-state index contributed by atoms with van der Waals surface area (Å²) in [4.78, 5) is 11.2. The molecule has 0 saturated carbocycles. The molecule has 2 aromatic rings. The van der Waals surface area contributed by atoms with Crippen LogP contribution in [0.4, 0.5) is 10.2 Å². The number of pyridine rings is 1. The van der Waals surface area contributed by atoms with Gasteiger partial charge in [0.1, 0.15) is 11.6 Å². The van der Waals surface area contributed by atoms with Gasteiger partial charge < -0.3 is 15.5 Å². The summed E-state index contributed by atoms with van der Waals surface area (Å²) in [5.74, 6) is 1.35. The highest BCUT2D eigenvalue weighted by Crippen LogP contribution is 2.25. The first-order valence-corrected chi connectivity index (χ1v) is 9.18. The van der Waals surface area contributed by atoms with Crippen LogP contribution >= 0.6 is 11.6 Å². The Hall–Kier alpha value is -2.34. The van der Waals surface area contributed by atoms with E-state index in [0.29, 0.717) is 11.6 Å². The van der Waals surface area contributed by atoms with Crippen LogP contribution in [0, 0.1) is 5.82 Å². The van der Waals surface area contributed by atoms with Gasteiger partial charge in [0.2, 0.25) is 0 Å². The van der Waals surface area contributed by atoms with Gasteiger partial charge in [0.05, 0.1) is 11.6 Å². The van der Waals surface area contributed by atoms with Crippen molar-refractivity contribution in [3.05, 3.63) is 59.0 Å². The minimum absolute atomic E-state index is 0.234. The van der Waals surface area contributed by atoms with Crippen LogP contribution in [0.15, 0.2) is 47.6 Å². The molecule has 26 heavy (non-hydrogen) atoms. The van der Waals surface area contributed by atoms with Crippen molar-refractivity contribution in [1.82, 2.24) is 15.6 Å². The van der Waals surface area contributed by atoms with Gasteiger partial charge in [-0.15, -0.1) is 0 Å². The van der Waals surface area contributed by atoms with E-state index in [0.717, 1.165) is 43.4 Å². The molecule has 2 N–H and O–H groups in total. The fourth-order valence-electron chi connectivity index (χ4n) is 2.95. The predicted octanol–water partition coefficient (Wildman–Crippen LogP) is 3.21. The lowest BCUT2D eigenvalue weighted by Crippen LogP contribution is -2.44. The number of aliphatic imine (C=N–C) groups is 1. The largest absolute Gasteiger partial charge is 0.357 e. The van der Waals surface area contributed by atoms with E-state index in [1.165, 1.54) is 12.1 Å². The van der Waals surface area contributed by atoms with Crippen LogP contribution in [0.5, 0.6) is 0 Å². The highest BCUT2D eigenvalue weighted by atomic mass is 35.5. The van der Waals surface area contributed by atoms with Gasteiger partial charge in [0.25, 0.3) is 0 Å². The Bertz CT molecular complexity index is 750. The van der Waals surface area contributed by atoms with Crippen LogP contribution in [-0.2, 0) is 6.54 Å². The Morgan fingerprint density at radius 2 is 2.15 bits per heavy atom. The van der Waals surface area contributed by atoms with Crippen LogP contribution in [0.2, 0.25) is 5.02 Å². The van der Waals surface area contributed by atoms with Crippen LogP contribution in [0.1, 0.15) is 18.9 Å². The summed E-state index contributed by atoms with van der Waals surface area (Å²) in [6, 6.07) is 10.4. The standard InChI is InChI=1S/C19H23ClFN5/c1-2-22-19(24-12-14-5-7-15(21)8-6-14)25-16-9-11-26(13-16)18-17(20)4-3-10-23-18/h3-8,10,16H,2,9,11-13H2,1H3,(H2,22,24,25). The Kier molecular flexibility index (Phi) is 6.28. The molecule has 1 aromatic carbocycles. The average molecular weight is 376 g/mol. The van der Waals surface area contributed by atoms with E-state index in [1.54, 1.807) is 18.3 Å². The first kappa shape index (κ1) is 18.5. The second-order valence-corrected chi connectivity index (χ2v) is 6.61. The van der Waals surface area contributed by atoms with E-state index in [-0.39, 0.29) is 11.9 Å². The summed E-state index contributed by atoms with van der Waals surface area (Å²) in [5.41, 5.74) is 0.969. The molecule has 0 amide bonds. The number of nitrogens with zero attached hydrogens (tertiary/aromatic N) is 3. The molecule has 1 unspecified atom stereocenters. The molecule has 138 valence electrons. The fourth-order valence-corrected chi connectivity index (χ4v) is 3.20. The van der Waals surface area contributed by atoms with Crippen LogP contribution in [0.3, 0.4) is 0 Å². The second-order valence-electron chi connectivity index (χ2n) is 6.21. The summed E-state index contributed by atoms with van der Waals surface area (Å²) >= 11 is 6.25. The lowest BCUT2D eigenvalue weighted by atomic mass is 10.2. The maximum absolute atomic E-state index is 13.0. The molecule has 0 radical (unpaired) electrons. The van der Waals surface area contributed by atoms with E-state index >= 15 is 0 Å². The summed E-state index contributed by atoms with van der Waals surface area (Å²) in [6.07, 6.45) is 2.74. The molecule has 1 atom stereocenters. The molecule has 0 bridgehead atoms. The number of halogens is 2. The maximum atomic E-state index is 13.0. The Balaban J connectivity index is 1.60. The molecular weight excluding hydrogens is 353 g/mol. The molecule has 1 aromatic heterocycles. The minimum Gasteiger partial charge on any atom is -0.357 e. The molecule has 1 aliphatic heterocycles. The first-order valence-electron chi connectivity index (χ1n) is 8.80. The lowest BCUT2D eigenvalue weighted by Gasteiger charge is -2.20. The number of hydrogen-bond acceptors (Lipinski definition) is 3. The zero-order chi connectivity index (χ0) is 18.4. The Labute approximate surface area is 158 Å².